The molecule has 0 radical (unpaired) electrons. The number of rotatable bonds is 7. The molecule has 39 heavy (non-hydrogen) atoms. The van der Waals surface area contributed by atoms with Crippen molar-refractivity contribution in [2.24, 2.45) is 4.36 Å². The summed E-state index contributed by atoms with van der Waals surface area (Å²) in [4.78, 5) is 31.7. The Hall–Kier alpha value is -4.03. The molecule has 1 N–H and O–H groups in total. The van der Waals surface area contributed by atoms with Crippen LogP contribution < -0.4 is 15.8 Å². The molecule has 204 valence electrons. The third kappa shape index (κ3) is 5.71. The standard InChI is InChI=1S/C27H33N9O2S/c1-6-12-35-26(37)21-18-28-27(29-20-10-11-22(19(2)17-20)34-15-13-33(3)14-16-34)31-25(21)36(35)24-9-7-8-23(30-24)32-39(4,5)38/h6-11,17-18H,1,12-16H2,2-5H3,(H,28,29,31). The van der Waals surface area contributed by atoms with E-state index in [2.05, 4.69) is 62.1 Å². The summed E-state index contributed by atoms with van der Waals surface area (Å²) in [5.41, 5.74) is 3.36. The minimum Gasteiger partial charge on any atom is -0.369 e. The molecule has 0 bridgehead atoms. The van der Waals surface area contributed by atoms with E-state index < -0.39 is 9.73 Å². The van der Waals surface area contributed by atoms with Crippen LogP contribution >= 0.6 is 0 Å². The maximum Gasteiger partial charge on any atom is 0.278 e. The molecule has 1 aromatic carbocycles. The number of anilines is 3. The number of nitrogens with one attached hydrogen (secondary N) is 1. The first kappa shape index (κ1) is 26.6. The highest BCUT2D eigenvalue weighted by Crippen LogP contribution is 2.26. The molecule has 4 aromatic rings. The summed E-state index contributed by atoms with van der Waals surface area (Å²) in [5, 5.41) is 3.64. The van der Waals surface area contributed by atoms with Crippen LogP contribution in [0.3, 0.4) is 0 Å². The number of aromatic nitrogens is 5. The average Bonchev–Trinajstić information content (AvgIpc) is 3.15. The molecule has 1 aliphatic heterocycles. The van der Waals surface area contributed by atoms with Crippen molar-refractivity contribution in [3.05, 3.63) is 71.2 Å². The maximum atomic E-state index is 13.2. The number of hydrogen-bond donors (Lipinski definition) is 1. The Labute approximate surface area is 228 Å². The summed E-state index contributed by atoms with van der Waals surface area (Å²) in [7, 11) is -0.265. The second-order valence-electron chi connectivity index (χ2n) is 9.96. The first-order chi connectivity index (χ1) is 18.6. The van der Waals surface area contributed by atoms with Crippen LogP contribution in [0.4, 0.5) is 23.1 Å². The number of allylic oxidation sites excluding steroid dienone is 1. The van der Waals surface area contributed by atoms with Crippen LogP contribution in [0.25, 0.3) is 16.9 Å². The number of hydrogen-bond acceptors (Lipinski definition) is 9. The summed E-state index contributed by atoms with van der Waals surface area (Å²) in [6, 6.07) is 11.4. The normalized spacial score (nSPS) is 14.5. The number of aryl methyl sites for hydroxylation is 1. The lowest BCUT2D eigenvalue weighted by atomic mass is 10.1. The van der Waals surface area contributed by atoms with Gasteiger partial charge in [-0.2, -0.15) is 9.35 Å². The van der Waals surface area contributed by atoms with Gasteiger partial charge in [0.2, 0.25) is 5.95 Å². The summed E-state index contributed by atoms with van der Waals surface area (Å²) in [6.07, 6.45) is 6.25. The third-order valence-electron chi connectivity index (χ3n) is 6.52. The molecule has 0 unspecified atom stereocenters. The van der Waals surface area contributed by atoms with E-state index in [9.17, 15) is 9.00 Å². The molecule has 11 nitrogen and oxygen atoms in total. The Bertz CT molecular complexity index is 1720. The van der Waals surface area contributed by atoms with Gasteiger partial charge in [-0.25, -0.2) is 23.5 Å². The highest BCUT2D eigenvalue weighted by Gasteiger charge is 2.19. The Kier molecular flexibility index (Phi) is 7.23. The molecular weight excluding hydrogens is 514 g/mol. The fourth-order valence-corrected chi connectivity index (χ4v) is 5.23. The molecule has 0 saturated carbocycles. The van der Waals surface area contributed by atoms with Gasteiger partial charge in [-0.1, -0.05) is 12.1 Å². The van der Waals surface area contributed by atoms with Gasteiger partial charge >= 0.3 is 0 Å². The van der Waals surface area contributed by atoms with Gasteiger partial charge in [-0.3, -0.25) is 4.79 Å². The quantitative estimate of drug-likeness (QED) is 0.351. The predicted octanol–water partition coefficient (Wildman–Crippen LogP) is 3.33. The van der Waals surface area contributed by atoms with Crippen LogP contribution in [0.2, 0.25) is 0 Å². The fourth-order valence-electron chi connectivity index (χ4n) is 4.68. The van der Waals surface area contributed by atoms with Gasteiger partial charge in [0.25, 0.3) is 5.56 Å². The molecule has 12 heteroatoms. The lowest BCUT2D eigenvalue weighted by Crippen LogP contribution is -2.44. The minimum atomic E-state index is -2.41. The zero-order chi connectivity index (χ0) is 27.7. The van der Waals surface area contributed by atoms with Crippen molar-refractivity contribution in [1.29, 1.82) is 0 Å². The Morgan fingerprint density at radius 2 is 1.90 bits per heavy atom. The van der Waals surface area contributed by atoms with E-state index >= 15 is 0 Å². The Morgan fingerprint density at radius 3 is 2.59 bits per heavy atom. The van der Waals surface area contributed by atoms with E-state index in [1.54, 1.807) is 41.5 Å². The van der Waals surface area contributed by atoms with E-state index in [0.29, 0.717) is 28.6 Å². The monoisotopic (exact) mass is 547 g/mol. The predicted molar refractivity (Wildman–Crippen MR) is 157 cm³/mol. The van der Waals surface area contributed by atoms with E-state index in [1.165, 1.54) is 16.6 Å². The van der Waals surface area contributed by atoms with Crippen LogP contribution in [0.5, 0.6) is 0 Å². The maximum absolute atomic E-state index is 13.2. The molecule has 3 aromatic heterocycles. The average molecular weight is 548 g/mol. The van der Waals surface area contributed by atoms with Crippen LogP contribution in [0.15, 0.2) is 64.4 Å². The molecule has 0 spiro atoms. The van der Waals surface area contributed by atoms with Crippen molar-refractivity contribution >= 4 is 43.9 Å². The van der Waals surface area contributed by atoms with E-state index in [1.807, 2.05) is 6.07 Å². The van der Waals surface area contributed by atoms with Gasteiger partial charge < -0.3 is 15.1 Å². The fraction of sp³-hybridized carbons (Fsp3) is 0.333. The number of benzene rings is 1. The van der Waals surface area contributed by atoms with Crippen molar-refractivity contribution in [2.45, 2.75) is 13.5 Å². The molecule has 4 heterocycles. The van der Waals surface area contributed by atoms with Crippen molar-refractivity contribution in [2.75, 3.05) is 56.0 Å². The molecule has 1 saturated heterocycles. The number of fused-ring (bicyclic) bond motifs is 1. The highest BCUT2D eigenvalue weighted by molar-refractivity contribution is 7.92. The van der Waals surface area contributed by atoms with Gasteiger partial charge in [-0.05, 0) is 49.9 Å². The van der Waals surface area contributed by atoms with Gasteiger partial charge in [0.05, 0.1) is 6.54 Å². The van der Waals surface area contributed by atoms with Crippen LogP contribution in [-0.4, -0.2) is 79.2 Å². The number of likely N-dealkylation sites (N-methyl/N-ethyl adjacent to an activating group) is 1. The number of piperazine rings is 1. The largest absolute Gasteiger partial charge is 0.369 e. The lowest BCUT2D eigenvalue weighted by Gasteiger charge is -2.35. The SMILES string of the molecule is C=CCn1c(=O)c2cnc(Nc3ccc(N4CCN(C)CC4)c(C)c3)nc2n1-c1cccc(N=S(C)(C)=O)n1. The lowest BCUT2D eigenvalue weighted by molar-refractivity contribution is 0.312. The summed E-state index contributed by atoms with van der Waals surface area (Å²) in [5.74, 6) is 1.08. The summed E-state index contributed by atoms with van der Waals surface area (Å²) in [6.45, 7) is 10.2. The second kappa shape index (κ2) is 10.6. The van der Waals surface area contributed by atoms with E-state index in [4.69, 9.17) is 4.98 Å². The second-order valence-corrected chi connectivity index (χ2v) is 12.5. The Balaban J connectivity index is 1.53. The molecule has 0 amide bonds. The van der Waals surface area contributed by atoms with Crippen LogP contribution in [0.1, 0.15) is 5.56 Å². The minimum absolute atomic E-state index is 0.242. The van der Waals surface area contributed by atoms with Crippen molar-refractivity contribution < 1.29 is 4.21 Å². The van der Waals surface area contributed by atoms with Crippen molar-refractivity contribution in [1.82, 2.24) is 29.2 Å². The van der Waals surface area contributed by atoms with Crippen molar-refractivity contribution in [3.63, 3.8) is 0 Å². The summed E-state index contributed by atoms with van der Waals surface area (Å²) < 4.78 is 19.6. The smallest absolute Gasteiger partial charge is 0.278 e. The molecule has 1 aliphatic rings. The molecular formula is C27H33N9O2S. The first-order valence-corrected chi connectivity index (χ1v) is 15.0. The topological polar surface area (TPSA) is 114 Å². The first-order valence-electron chi connectivity index (χ1n) is 12.7. The Morgan fingerprint density at radius 1 is 1.13 bits per heavy atom. The van der Waals surface area contributed by atoms with Crippen LogP contribution in [0, 0.1) is 6.92 Å². The zero-order valence-electron chi connectivity index (χ0n) is 22.7. The van der Waals surface area contributed by atoms with Gasteiger partial charge in [0.15, 0.2) is 17.3 Å². The molecule has 5 rings (SSSR count). The van der Waals surface area contributed by atoms with E-state index in [0.717, 1.165) is 37.4 Å². The van der Waals surface area contributed by atoms with Gasteiger partial charge in [0.1, 0.15) is 5.39 Å². The van der Waals surface area contributed by atoms with E-state index in [-0.39, 0.29) is 12.1 Å². The molecule has 1 fully saturated rings. The van der Waals surface area contributed by atoms with Gasteiger partial charge in [0, 0.05) is 66.0 Å². The third-order valence-corrected chi connectivity index (χ3v) is 7.15. The van der Waals surface area contributed by atoms with Gasteiger partial charge in [-0.15, -0.1) is 6.58 Å². The summed E-state index contributed by atoms with van der Waals surface area (Å²) >= 11 is 0. The highest BCUT2D eigenvalue weighted by atomic mass is 32.2. The number of nitrogens with zero attached hydrogens (tertiary/aromatic N) is 8. The number of pyridine rings is 1. The zero-order valence-corrected chi connectivity index (χ0v) is 23.5. The molecule has 0 atom stereocenters. The van der Waals surface area contributed by atoms with Crippen LogP contribution in [-0.2, 0) is 16.3 Å². The van der Waals surface area contributed by atoms with Crippen molar-refractivity contribution in [3.8, 4) is 5.82 Å². The molecule has 0 aliphatic carbocycles.